The molecule has 0 aromatic rings. The highest BCUT2D eigenvalue weighted by Gasteiger charge is 2.02. The number of carboxylic acid groups (broad SMARTS) is 1. The summed E-state index contributed by atoms with van der Waals surface area (Å²) in [5.74, 6) is -1.15. The summed E-state index contributed by atoms with van der Waals surface area (Å²) in [6.07, 6.45) is 3.37. The number of hydrogen-bond acceptors (Lipinski definition) is 3. The van der Waals surface area contributed by atoms with Crippen molar-refractivity contribution in [1.82, 2.24) is 10.6 Å². The first-order chi connectivity index (χ1) is 8.56. The van der Waals surface area contributed by atoms with Crippen LogP contribution in [-0.2, 0) is 14.4 Å². The van der Waals surface area contributed by atoms with Crippen LogP contribution in [0, 0.1) is 0 Å². The lowest BCUT2D eigenvalue weighted by molar-refractivity contribution is -0.137. The molecule has 0 heterocycles. The maximum absolute atomic E-state index is 11.3. The molecule has 18 heavy (non-hydrogen) atoms. The van der Waals surface area contributed by atoms with Crippen molar-refractivity contribution in [3.63, 3.8) is 0 Å². The molecule has 3 N–H and O–H groups in total. The lowest BCUT2D eigenvalue weighted by atomic mass is 10.2. The molecule has 0 spiro atoms. The van der Waals surface area contributed by atoms with Gasteiger partial charge in [0.05, 0.1) is 0 Å². The second kappa shape index (κ2) is 10.3. The Balaban J connectivity index is 3.34. The van der Waals surface area contributed by atoms with Crippen LogP contribution in [0.15, 0.2) is 12.7 Å². The van der Waals surface area contributed by atoms with E-state index >= 15 is 0 Å². The fraction of sp³-hybridized carbons (Fsp3) is 0.583. The molecular formula is C12H20N2O4. The zero-order valence-corrected chi connectivity index (χ0v) is 10.4. The Hall–Kier alpha value is -1.85. The van der Waals surface area contributed by atoms with E-state index in [4.69, 9.17) is 5.11 Å². The first kappa shape index (κ1) is 16.1. The molecule has 2 amide bonds. The van der Waals surface area contributed by atoms with E-state index in [0.717, 1.165) is 0 Å². The standard InChI is InChI=1S/C12H20N2O4/c1-2-10(15)13-8-5-9-14-11(16)6-3-4-7-12(17)18/h2H,1,3-9H2,(H,13,15)(H,14,16)(H,17,18). The van der Waals surface area contributed by atoms with Crippen LogP contribution in [0.2, 0.25) is 0 Å². The molecule has 0 atom stereocenters. The largest absolute Gasteiger partial charge is 0.481 e. The number of rotatable bonds is 10. The molecule has 102 valence electrons. The zero-order chi connectivity index (χ0) is 13.8. The highest BCUT2D eigenvalue weighted by atomic mass is 16.4. The van der Waals surface area contributed by atoms with E-state index in [0.29, 0.717) is 38.8 Å². The third-order valence-electron chi connectivity index (χ3n) is 2.20. The summed E-state index contributed by atoms with van der Waals surface area (Å²) < 4.78 is 0. The van der Waals surface area contributed by atoms with E-state index in [2.05, 4.69) is 17.2 Å². The van der Waals surface area contributed by atoms with Gasteiger partial charge in [-0.25, -0.2) is 0 Å². The predicted octanol–water partition coefficient (Wildman–Crippen LogP) is 0.440. The Kier molecular flexibility index (Phi) is 9.25. The Labute approximate surface area is 106 Å². The minimum absolute atomic E-state index is 0.0876. The second-order valence-corrected chi connectivity index (χ2v) is 3.80. The molecule has 0 saturated heterocycles. The second-order valence-electron chi connectivity index (χ2n) is 3.80. The first-order valence-corrected chi connectivity index (χ1v) is 5.95. The number of carbonyl (C=O) groups is 3. The van der Waals surface area contributed by atoms with Crippen molar-refractivity contribution in [2.24, 2.45) is 0 Å². The number of hydrogen-bond donors (Lipinski definition) is 3. The third-order valence-corrected chi connectivity index (χ3v) is 2.20. The average Bonchev–Trinajstić information content (AvgIpc) is 2.33. The van der Waals surface area contributed by atoms with Gasteiger partial charge in [-0.2, -0.15) is 0 Å². The van der Waals surface area contributed by atoms with Crippen molar-refractivity contribution < 1.29 is 19.5 Å². The number of nitrogens with one attached hydrogen (secondary N) is 2. The van der Waals surface area contributed by atoms with Gasteiger partial charge in [0.15, 0.2) is 0 Å². The van der Waals surface area contributed by atoms with Crippen LogP contribution in [0.3, 0.4) is 0 Å². The average molecular weight is 256 g/mol. The Bertz CT molecular complexity index is 302. The Morgan fingerprint density at radius 1 is 1.00 bits per heavy atom. The monoisotopic (exact) mass is 256 g/mol. The highest BCUT2D eigenvalue weighted by Crippen LogP contribution is 1.99. The molecule has 6 heteroatoms. The molecule has 0 radical (unpaired) electrons. The summed E-state index contributed by atoms with van der Waals surface area (Å²) in [5.41, 5.74) is 0. The summed E-state index contributed by atoms with van der Waals surface area (Å²) in [4.78, 5) is 32.3. The molecule has 0 saturated carbocycles. The number of unbranched alkanes of at least 4 members (excludes halogenated alkanes) is 1. The van der Waals surface area contributed by atoms with Crippen LogP contribution in [-0.4, -0.2) is 36.0 Å². The van der Waals surface area contributed by atoms with Crippen LogP contribution < -0.4 is 10.6 Å². The molecule has 0 rings (SSSR count). The smallest absolute Gasteiger partial charge is 0.303 e. The number of carbonyl (C=O) groups excluding carboxylic acids is 2. The number of aliphatic carboxylic acids is 1. The minimum atomic E-state index is -0.839. The maximum Gasteiger partial charge on any atom is 0.303 e. The lowest BCUT2D eigenvalue weighted by Crippen LogP contribution is -2.28. The van der Waals surface area contributed by atoms with Crippen molar-refractivity contribution in [3.8, 4) is 0 Å². The molecule has 0 aliphatic rings. The van der Waals surface area contributed by atoms with Crippen LogP contribution >= 0.6 is 0 Å². The quantitative estimate of drug-likeness (QED) is 0.390. The lowest BCUT2D eigenvalue weighted by Gasteiger charge is -2.05. The molecule has 0 fully saturated rings. The van der Waals surface area contributed by atoms with Crippen LogP contribution in [0.1, 0.15) is 32.1 Å². The molecule has 0 aliphatic carbocycles. The summed E-state index contributed by atoms with van der Waals surface area (Å²) in [5, 5.41) is 13.7. The zero-order valence-electron chi connectivity index (χ0n) is 10.4. The van der Waals surface area contributed by atoms with Gasteiger partial charge in [-0.3, -0.25) is 14.4 Å². The van der Waals surface area contributed by atoms with E-state index in [1.807, 2.05) is 0 Å². The van der Waals surface area contributed by atoms with Gasteiger partial charge in [0.1, 0.15) is 0 Å². The molecule has 0 bridgehead atoms. The summed E-state index contributed by atoms with van der Waals surface area (Å²) >= 11 is 0. The van der Waals surface area contributed by atoms with Crippen LogP contribution in [0.4, 0.5) is 0 Å². The van der Waals surface area contributed by atoms with E-state index in [1.54, 1.807) is 0 Å². The highest BCUT2D eigenvalue weighted by molar-refractivity contribution is 5.86. The topological polar surface area (TPSA) is 95.5 Å². The van der Waals surface area contributed by atoms with E-state index in [-0.39, 0.29) is 18.2 Å². The summed E-state index contributed by atoms with van der Waals surface area (Å²) in [7, 11) is 0. The van der Waals surface area contributed by atoms with Crippen molar-refractivity contribution in [3.05, 3.63) is 12.7 Å². The molecule has 0 unspecified atom stereocenters. The van der Waals surface area contributed by atoms with Crippen molar-refractivity contribution in [1.29, 1.82) is 0 Å². The minimum Gasteiger partial charge on any atom is -0.481 e. The van der Waals surface area contributed by atoms with Gasteiger partial charge in [0.2, 0.25) is 11.8 Å². The van der Waals surface area contributed by atoms with E-state index < -0.39 is 5.97 Å². The number of amides is 2. The van der Waals surface area contributed by atoms with Gasteiger partial charge in [0.25, 0.3) is 0 Å². The fourth-order valence-corrected chi connectivity index (χ4v) is 1.25. The van der Waals surface area contributed by atoms with E-state index in [9.17, 15) is 14.4 Å². The molecule has 0 aliphatic heterocycles. The normalized spacial score (nSPS) is 9.56. The van der Waals surface area contributed by atoms with E-state index in [1.165, 1.54) is 6.08 Å². The molecule has 0 aromatic carbocycles. The summed E-state index contributed by atoms with van der Waals surface area (Å²) in [6.45, 7) is 4.30. The van der Waals surface area contributed by atoms with Gasteiger partial charge in [0, 0.05) is 25.9 Å². The molecular weight excluding hydrogens is 236 g/mol. The van der Waals surface area contributed by atoms with Crippen LogP contribution in [0.5, 0.6) is 0 Å². The van der Waals surface area contributed by atoms with Crippen molar-refractivity contribution in [2.45, 2.75) is 32.1 Å². The predicted molar refractivity (Wildman–Crippen MR) is 66.9 cm³/mol. The fourth-order valence-electron chi connectivity index (χ4n) is 1.25. The van der Waals surface area contributed by atoms with Gasteiger partial charge in [-0.1, -0.05) is 6.58 Å². The van der Waals surface area contributed by atoms with Crippen molar-refractivity contribution >= 4 is 17.8 Å². The maximum atomic E-state index is 11.3. The summed E-state index contributed by atoms with van der Waals surface area (Å²) in [6, 6.07) is 0. The SMILES string of the molecule is C=CC(=O)NCCCNC(=O)CCCCC(=O)O. The van der Waals surface area contributed by atoms with Crippen LogP contribution in [0.25, 0.3) is 0 Å². The number of carboxylic acids is 1. The third kappa shape index (κ3) is 10.7. The molecule has 0 aromatic heterocycles. The first-order valence-electron chi connectivity index (χ1n) is 5.95. The molecule has 6 nitrogen and oxygen atoms in total. The van der Waals surface area contributed by atoms with Gasteiger partial charge in [-0.05, 0) is 25.3 Å². The van der Waals surface area contributed by atoms with Crippen molar-refractivity contribution in [2.75, 3.05) is 13.1 Å². The Morgan fingerprint density at radius 2 is 1.61 bits per heavy atom. The Morgan fingerprint density at radius 3 is 2.22 bits per heavy atom. The van der Waals surface area contributed by atoms with Gasteiger partial charge < -0.3 is 15.7 Å². The van der Waals surface area contributed by atoms with Gasteiger partial charge >= 0.3 is 5.97 Å². The van der Waals surface area contributed by atoms with Gasteiger partial charge in [-0.15, -0.1) is 0 Å².